The molecule has 1 aromatic heterocycles. The molecule has 0 aliphatic carbocycles. The zero-order valence-electron chi connectivity index (χ0n) is 12.0. The maximum absolute atomic E-state index is 13.7. The average molecular weight is 257 g/mol. The fourth-order valence-electron chi connectivity index (χ4n) is 2.34. The molecule has 0 unspecified atom stereocenters. The van der Waals surface area contributed by atoms with Crippen molar-refractivity contribution in [3.8, 4) is 11.1 Å². The summed E-state index contributed by atoms with van der Waals surface area (Å²) in [7, 11) is 0. The van der Waals surface area contributed by atoms with Gasteiger partial charge in [-0.3, -0.25) is 0 Å². The summed E-state index contributed by atoms with van der Waals surface area (Å²) in [5.74, 6) is -0.408. The van der Waals surface area contributed by atoms with E-state index in [1.54, 1.807) is 12.1 Å². The van der Waals surface area contributed by atoms with Gasteiger partial charge < -0.3 is 0 Å². The maximum atomic E-state index is 13.7. The van der Waals surface area contributed by atoms with E-state index in [2.05, 4.69) is 37.9 Å². The number of nitrogens with zero attached hydrogens (tertiary/aromatic N) is 1. The van der Waals surface area contributed by atoms with Crippen LogP contribution in [0, 0.1) is 18.3 Å². The molecule has 19 heavy (non-hydrogen) atoms. The molecule has 2 heteroatoms. The van der Waals surface area contributed by atoms with Gasteiger partial charge in [-0.2, -0.15) is 4.39 Å². The van der Waals surface area contributed by atoms with Crippen molar-refractivity contribution in [1.82, 2.24) is 4.98 Å². The van der Waals surface area contributed by atoms with Crippen molar-refractivity contribution >= 4 is 0 Å². The smallest absolute Gasteiger partial charge is 0.220 e. The lowest BCUT2D eigenvalue weighted by Gasteiger charge is -2.19. The van der Waals surface area contributed by atoms with Crippen molar-refractivity contribution in [2.24, 2.45) is 5.41 Å². The Balaban J connectivity index is 2.38. The molecule has 0 radical (unpaired) electrons. The third-order valence-corrected chi connectivity index (χ3v) is 3.07. The number of hydrogen-bond acceptors (Lipinski definition) is 1. The first-order valence-electron chi connectivity index (χ1n) is 6.57. The molecule has 100 valence electrons. The van der Waals surface area contributed by atoms with E-state index >= 15 is 0 Å². The number of halogens is 1. The predicted octanol–water partition coefficient (Wildman–Crippen LogP) is 4.78. The highest BCUT2D eigenvalue weighted by Crippen LogP contribution is 2.28. The van der Waals surface area contributed by atoms with Crippen molar-refractivity contribution < 1.29 is 4.39 Å². The summed E-state index contributed by atoms with van der Waals surface area (Å²) < 4.78 is 13.7. The highest BCUT2D eigenvalue weighted by atomic mass is 19.1. The van der Waals surface area contributed by atoms with Gasteiger partial charge in [0.2, 0.25) is 5.95 Å². The second-order valence-corrected chi connectivity index (χ2v) is 6.23. The molecule has 0 saturated carbocycles. The average Bonchev–Trinajstić information content (AvgIpc) is 2.28. The van der Waals surface area contributed by atoms with Gasteiger partial charge in [-0.25, -0.2) is 4.98 Å². The van der Waals surface area contributed by atoms with Crippen LogP contribution in [0.4, 0.5) is 4.39 Å². The Labute approximate surface area is 114 Å². The Morgan fingerprint density at radius 3 is 2.42 bits per heavy atom. The van der Waals surface area contributed by atoms with Crippen LogP contribution in [0.3, 0.4) is 0 Å². The van der Waals surface area contributed by atoms with Gasteiger partial charge in [0.1, 0.15) is 0 Å². The summed E-state index contributed by atoms with van der Waals surface area (Å²) in [5, 5.41) is 0. The van der Waals surface area contributed by atoms with E-state index in [-0.39, 0.29) is 5.41 Å². The molecule has 1 aromatic carbocycles. The van der Waals surface area contributed by atoms with Crippen LogP contribution < -0.4 is 0 Å². The van der Waals surface area contributed by atoms with E-state index in [9.17, 15) is 4.39 Å². The molecule has 0 fully saturated rings. The van der Waals surface area contributed by atoms with Crippen molar-refractivity contribution in [3.05, 3.63) is 53.6 Å². The lowest BCUT2D eigenvalue weighted by molar-refractivity contribution is 0.411. The van der Waals surface area contributed by atoms with Crippen molar-refractivity contribution in [3.63, 3.8) is 0 Å². The Hall–Kier alpha value is -1.70. The quantitative estimate of drug-likeness (QED) is 0.705. The topological polar surface area (TPSA) is 12.9 Å². The fraction of sp³-hybridized carbons (Fsp3) is 0.353. The Morgan fingerprint density at radius 1 is 1.11 bits per heavy atom. The molecule has 0 spiro atoms. The lowest BCUT2D eigenvalue weighted by atomic mass is 9.86. The zero-order valence-corrected chi connectivity index (χ0v) is 12.0. The van der Waals surface area contributed by atoms with Gasteiger partial charge in [0.15, 0.2) is 0 Å². The van der Waals surface area contributed by atoms with Gasteiger partial charge in [-0.05, 0) is 47.6 Å². The first-order chi connectivity index (χ1) is 8.87. The molecule has 0 atom stereocenters. The van der Waals surface area contributed by atoms with Crippen LogP contribution in [0.25, 0.3) is 11.1 Å². The molecular formula is C17H20FN. The largest absolute Gasteiger partial charge is 0.228 e. The molecule has 0 bridgehead atoms. The van der Waals surface area contributed by atoms with Gasteiger partial charge in [-0.1, -0.05) is 39.0 Å². The third-order valence-electron chi connectivity index (χ3n) is 3.07. The molecule has 0 aliphatic heterocycles. The minimum Gasteiger partial charge on any atom is -0.228 e. The minimum absolute atomic E-state index is 0.257. The van der Waals surface area contributed by atoms with Gasteiger partial charge in [0.05, 0.1) is 0 Å². The van der Waals surface area contributed by atoms with E-state index in [1.165, 1.54) is 11.8 Å². The number of aromatic nitrogens is 1. The molecule has 0 N–H and O–H groups in total. The monoisotopic (exact) mass is 257 g/mol. The standard InChI is InChI=1S/C17H20FN/c1-12-10-13(11-17(2,3)4)7-8-14(12)15-6-5-9-19-16(15)18/h5-10H,11H2,1-4H3. The van der Waals surface area contributed by atoms with Crippen molar-refractivity contribution in [2.45, 2.75) is 34.1 Å². The van der Waals surface area contributed by atoms with Gasteiger partial charge in [0.25, 0.3) is 0 Å². The number of pyridine rings is 1. The molecule has 2 rings (SSSR count). The highest BCUT2D eigenvalue weighted by Gasteiger charge is 2.13. The summed E-state index contributed by atoms with van der Waals surface area (Å²) in [5.41, 5.74) is 4.13. The molecule has 2 aromatic rings. The second kappa shape index (κ2) is 5.12. The van der Waals surface area contributed by atoms with E-state index in [0.29, 0.717) is 5.56 Å². The molecule has 0 aliphatic rings. The molecule has 1 heterocycles. The second-order valence-electron chi connectivity index (χ2n) is 6.23. The summed E-state index contributed by atoms with van der Waals surface area (Å²) in [6.45, 7) is 8.68. The Bertz CT molecular complexity index is 582. The van der Waals surface area contributed by atoms with Gasteiger partial charge >= 0.3 is 0 Å². The predicted molar refractivity (Wildman–Crippen MR) is 77.5 cm³/mol. The summed E-state index contributed by atoms with van der Waals surface area (Å²) in [6, 6.07) is 9.76. The van der Waals surface area contributed by atoms with E-state index in [0.717, 1.165) is 17.5 Å². The molecule has 0 amide bonds. The normalized spacial score (nSPS) is 11.6. The lowest BCUT2D eigenvalue weighted by Crippen LogP contribution is -2.09. The number of benzene rings is 1. The van der Waals surface area contributed by atoms with E-state index in [1.807, 2.05) is 13.0 Å². The minimum atomic E-state index is -0.408. The number of rotatable bonds is 2. The first-order valence-corrected chi connectivity index (χ1v) is 6.57. The summed E-state index contributed by atoms with van der Waals surface area (Å²) >= 11 is 0. The summed E-state index contributed by atoms with van der Waals surface area (Å²) in [6.07, 6.45) is 2.49. The van der Waals surface area contributed by atoms with Crippen LogP contribution in [-0.4, -0.2) is 4.98 Å². The molecule has 0 saturated heterocycles. The van der Waals surface area contributed by atoms with E-state index in [4.69, 9.17) is 0 Å². The van der Waals surface area contributed by atoms with Crippen LogP contribution in [0.2, 0.25) is 0 Å². The maximum Gasteiger partial charge on any atom is 0.220 e. The zero-order chi connectivity index (χ0) is 14.0. The van der Waals surface area contributed by atoms with Crippen LogP contribution in [0.15, 0.2) is 36.5 Å². The van der Waals surface area contributed by atoms with Gasteiger partial charge in [0, 0.05) is 11.8 Å². The first kappa shape index (κ1) is 13.7. The van der Waals surface area contributed by atoms with Crippen LogP contribution in [0.5, 0.6) is 0 Å². The fourth-order valence-corrected chi connectivity index (χ4v) is 2.34. The van der Waals surface area contributed by atoms with Gasteiger partial charge in [-0.15, -0.1) is 0 Å². The SMILES string of the molecule is Cc1cc(CC(C)(C)C)ccc1-c1cccnc1F. The highest BCUT2D eigenvalue weighted by molar-refractivity contribution is 5.67. The van der Waals surface area contributed by atoms with Crippen LogP contribution in [-0.2, 0) is 6.42 Å². The Morgan fingerprint density at radius 2 is 1.84 bits per heavy atom. The number of aryl methyl sites for hydroxylation is 1. The number of hydrogen-bond donors (Lipinski definition) is 0. The van der Waals surface area contributed by atoms with Crippen LogP contribution >= 0.6 is 0 Å². The van der Waals surface area contributed by atoms with Crippen molar-refractivity contribution in [1.29, 1.82) is 0 Å². The van der Waals surface area contributed by atoms with E-state index < -0.39 is 5.95 Å². The Kier molecular flexibility index (Phi) is 3.70. The van der Waals surface area contributed by atoms with Crippen molar-refractivity contribution in [2.75, 3.05) is 0 Å². The third kappa shape index (κ3) is 3.40. The summed E-state index contributed by atoms with van der Waals surface area (Å²) in [4.78, 5) is 3.71. The molecular weight excluding hydrogens is 237 g/mol. The van der Waals surface area contributed by atoms with Crippen LogP contribution in [0.1, 0.15) is 31.9 Å². The molecule has 1 nitrogen and oxygen atoms in total.